The van der Waals surface area contributed by atoms with E-state index < -0.39 is 0 Å². The molecule has 0 amide bonds. The van der Waals surface area contributed by atoms with Crippen LogP contribution in [0.1, 0.15) is 31.7 Å². The van der Waals surface area contributed by atoms with E-state index in [1.165, 1.54) is 25.6 Å². The van der Waals surface area contributed by atoms with Crippen molar-refractivity contribution in [2.75, 3.05) is 13.1 Å². The van der Waals surface area contributed by atoms with Crippen molar-refractivity contribution in [2.45, 2.75) is 26.2 Å². The minimum absolute atomic E-state index is 1.01. The molecule has 1 aliphatic heterocycles. The first-order chi connectivity index (χ1) is 9.83. The minimum Gasteiger partial charge on any atom is -0.297 e. The Bertz CT molecular complexity index is 565. The van der Waals surface area contributed by atoms with Gasteiger partial charge in [0.2, 0.25) is 0 Å². The lowest BCUT2D eigenvalue weighted by atomic mass is 10.1. The van der Waals surface area contributed by atoms with Gasteiger partial charge in [0.05, 0.1) is 11.4 Å². The molecular weight excluding hydrogens is 250 g/mol. The van der Waals surface area contributed by atoms with Gasteiger partial charge in [-0.15, -0.1) is 0 Å². The predicted molar refractivity (Wildman–Crippen MR) is 79.0 cm³/mol. The van der Waals surface area contributed by atoms with Gasteiger partial charge < -0.3 is 0 Å². The van der Waals surface area contributed by atoms with Crippen LogP contribution < -0.4 is 0 Å². The molecule has 1 aromatic carbocycles. The molecule has 104 valence electrons. The summed E-state index contributed by atoms with van der Waals surface area (Å²) in [6.45, 7) is 4.22. The summed E-state index contributed by atoms with van der Waals surface area (Å²) in [5, 5.41) is 11.0. The van der Waals surface area contributed by atoms with Gasteiger partial charge >= 0.3 is 0 Å². The number of nitrogens with zero attached hydrogens (tertiary/aromatic N) is 5. The summed E-state index contributed by atoms with van der Waals surface area (Å²) in [4.78, 5) is 3.95. The molecule has 1 aromatic heterocycles. The topological polar surface area (TPSA) is 46.3 Å². The highest BCUT2D eigenvalue weighted by Crippen LogP contribution is 2.12. The van der Waals surface area contributed by atoms with Crippen LogP contribution in [-0.2, 0) is 0 Å². The Balaban J connectivity index is 1.75. The molecule has 5 nitrogen and oxygen atoms in total. The van der Waals surface area contributed by atoms with Crippen molar-refractivity contribution < 1.29 is 0 Å². The van der Waals surface area contributed by atoms with E-state index in [1.54, 1.807) is 11.0 Å². The van der Waals surface area contributed by atoms with Crippen LogP contribution in [0.25, 0.3) is 5.69 Å². The molecule has 0 radical (unpaired) electrons. The van der Waals surface area contributed by atoms with Crippen molar-refractivity contribution in [3.05, 3.63) is 42.5 Å². The largest absolute Gasteiger partial charge is 0.297 e. The Hall–Kier alpha value is -2.17. The molecule has 2 heterocycles. The van der Waals surface area contributed by atoms with Crippen molar-refractivity contribution in [3.63, 3.8) is 0 Å². The molecule has 3 rings (SSSR count). The standard InChI is InChI=1S/C15H19N5/c1-13(18-19-9-3-2-4-10-19)14-5-7-15(8-6-14)20-12-16-11-17-20/h5-8,11-12H,2-4,9-10H2,1H3. The maximum absolute atomic E-state index is 4.71. The zero-order valence-electron chi connectivity index (χ0n) is 11.7. The zero-order chi connectivity index (χ0) is 13.8. The highest BCUT2D eigenvalue weighted by molar-refractivity contribution is 5.98. The number of hydrogen-bond acceptors (Lipinski definition) is 4. The first kappa shape index (κ1) is 12.8. The number of aromatic nitrogens is 3. The average molecular weight is 269 g/mol. The van der Waals surface area contributed by atoms with E-state index in [4.69, 9.17) is 5.10 Å². The molecule has 0 saturated carbocycles. The third kappa shape index (κ3) is 2.87. The fraction of sp³-hybridized carbons (Fsp3) is 0.400. The molecule has 1 fully saturated rings. The second kappa shape index (κ2) is 5.86. The van der Waals surface area contributed by atoms with Crippen LogP contribution in [0.3, 0.4) is 0 Å². The van der Waals surface area contributed by atoms with Crippen LogP contribution >= 0.6 is 0 Å². The van der Waals surface area contributed by atoms with E-state index in [0.29, 0.717) is 0 Å². The van der Waals surface area contributed by atoms with Crippen molar-refractivity contribution in [1.82, 2.24) is 19.8 Å². The maximum Gasteiger partial charge on any atom is 0.138 e. The van der Waals surface area contributed by atoms with Crippen LogP contribution in [0.4, 0.5) is 0 Å². The SMILES string of the molecule is CC(=NN1CCCCC1)c1ccc(-n2cncn2)cc1. The molecular formula is C15H19N5. The van der Waals surface area contributed by atoms with E-state index in [0.717, 1.165) is 30.1 Å². The van der Waals surface area contributed by atoms with E-state index >= 15 is 0 Å². The second-order valence-corrected chi connectivity index (χ2v) is 5.09. The third-order valence-corrected chi connectivity index (χ3v) is 3.59. The smallest absolute Gasteiger partial charge is 0.138 e. The fourth-order valence-electron chi connectivity index (χ4n) is 2.44. The number of piperidine rings is 1. The normalized spacial score (nSPS) is 16.4. The molecule has 0 atom stereocenters. The summed E-state index contributed by atoms with van der Waals surface area (Å²) in [5.41, 5.74) is 3.23. The Morgan fingerprint density at radius 1 is 1.10 bits per heavy atom. The molecule has 0 aliphatic carbocycles. The summed E-state index contributed by atoms with van der Waals surface area (Å²) in [6.07, 6.45) is 7.07. The quantitative estimate of drug-likeness (QED) is 0.804. The molecule has 20 heavy (non-hydrogen) atoms. The minimum atomic E-state index is 1.01. The van der Waals surface area contributed by atoms with Gasteiger partial charge in [0.25, 0.3) is 0 Å². The number of hydrazone groups is 1. The summed E-state index contributed by atoms with van der Waals surface area (Å²) in [6, 6.07) is 8.25. The summed E-state index contributed by atoms with van der Waals surface area (Å²) < 4.78 is 1.75. The Morgan fingerprint density at radius 3 is 2.50 bits per heavy atom. The van der Waals surface area contributed by atoms with Crippen LogP contribution in [0.2, 0.25) is 0 Å². The van der Waals surface area contributed by atoms with Crippen molar-refractivity contribution in [3.8, 4) is 5.69 Å². The molecule has 0 spiro atoms. The Labute approximate surface area is 118 Å². The van der Waals surface area contributed by atoms with Crippen LogP contribution in [0.15, 0.2) is 42.0 Å². The highest BCUT2D eigenvalue weighted by Gasteiger charge is 2.08. The lowest BCUT2D eigenvalue weighted by molar-refractivity contribution is 0.239. The van der Waals surface area contributed by atoms with E-state index in [1.807, 2.05) is 12.1 Å². The molecule has 0 unspecified atom stereocenters. The van der Waals surface area contributed by atoms with Gasteiger partial charge in [-0.1, -0.05) is 12.1 Å². The molecule has 0 bridgehead atoms. The predicted octanol–water partition coefficient (Wildman–Crippen LogP) is 2.48. The van der Waals surface area contributed by atoms with Gasteiger partial charge in [0, 0.05) is 13.1 Å². The zero-order valence-corrected chi connectivity index (χ0v) is 11.7. The van der Waals surface area contributed by atoms with Crippen molar-refractivity contribution in [1.29, 1.82) is 0 Å². The van der Waals surface area contributed by atoms with Crippen molar-refractivity contribution in [2.24, 2.45) is 5.10 Å². The van der Waals surface area contributed by atoms with Crippen LogP contribution in [0, 0.1) is 0 Å². The Kier molecular flexibility index (Phi) is 3.76. The monoisotopic (exact) mass is 269 g/mol. The third-order valence-electron chi connectivity index (χ3n) is 3.59. The second-order valence-electron chi connectivity index (χ2n) is 5.09. The molecule has 2 aromatic rings. The summed E-state index contributed by atoms with van der Waals surface area (Å²) in [5.74, 6) is 0. The van der Waals surface area contributed by atoms with Crippen LogP contribution in [-0.4, -0.2) is 38.6 Å². The highest BCUT2D eigenvalue weighted by atomic mass is 15.4. The number of benzene rings is 1. The lowest BCUT2D eigenvalue weighted by Crippen LogP contribution is -2.25. The van der Waals surface area contributed by atoms with Gasteiger partial charge in [0.1, 0.15) is 12.7 Å². The van der Waals surface area contributed by atoms with Gasteiger partial charge in [-0.25, -0.2) is 9.67 Å². The van der Waals surface area contributed by atoms with Gasteiger partial charge in [-0.05, 0) is 43.9 Å². The molecule has 1 saturated heterocycles. The molecule has 5 heteroatoms. The average Bonchev–Trinajstić information content (AvgIpc) is 3.03. The van der Waals surface area contributed by atoms with E-state index in [9.17, 15) is 0 Å². The number of rotatable bonds is 3. The van der Waals surface area contributed by atoms with E-state index in [2.05, 4.69) is 34.1 Å². The Morgan fingerprint density at radius 2 is 1.85 bits per heavy atom. The maximum atomic E-state index is 4.71. The lowest BCUT2D eigenvalue weighted by Gasteiger charge is -2.24. The molecule has 1 aliphatic rings. The molecule has 0 N–H and O–H groups in total. The van der Waals surface area contributed by atoms with E-state index in [-0.39, 0.29) is 0 Å². The van der Waals surface area contributed by atoms with Gasteiger partial charge in [-0.2, -0.15) is 10.2 Å². The van der Waals surface area contributed by atoms with Crippen LogP contribution in [0.5, 0.6) is 0 Å². The summed E-state index contributed by atoms with van der Waals surface area (Å²) in [7, 11) is 0. The summed E-state index contributed by atoms with van der Waals surface area (Å²) >= 11 is 0. The van der Waals surface area contributed by atoms with Gasteiger partial charge in [0.15, 0.2) is 0 Å². The first-order valence-electron chi connectivity index (χ1n) is 7.08. The first-order valence-corrected chi connectivity index (χ1v) is 7.08. The fourth-order valence-corrected chi connectivity index (χ4v) is 2.44. The van der Waals surface area contributed by atoms with Crippen molar-refractivity contribution >= 4 is 5.71 Å². The van der Waals surface area contributed by atoms with Gasteiger partial charge in [-0.3, -0.25) is 5.01 Å². The number of hydrogen-bond donors (Lipinski definition) is 0.